The first kappa shape index (κ1) is 11.7. The molecule has 90 valence electrons. The van der Waals surface area contributed by atoms with Crippen LogP contribution in [0.25, 0.3) is 11.4 Å². The van der Waals surface area contributed by atoms with Crippen molar-refractivity contribution in [2.75, 3.05) is 13.2 Å². The molecule has 0 spiro atoms. The third-order valence-corrected chi connectivity index (χ3v) is 2.49. The summed E-state index contributed by atoms with van der Waals surface area (Å²) < 4.78 is 7.53. The van der Waals surface area contributed by atoms with Crippen molar-refractivity contribution in [3.8, 4) is 17.1 Å². The Morgan fingerprint density at radius 3 is 3.06 bits per heavy atom. The van der Waals surface area contributed by atoms with Crippen LogP contribution in [0, 0.1) is 0 Å². The highest BCUT2D eigenvalue weighted by molar-refractivity contribution is 5.58. The molecule has 0 saturated heterocycles. The van der Waals surface area contributed by atoms with Crippen molar-refractivity contribution < 1.29 is 4.74 Å². The van der Waals surface area contributed by atoms with Gasteiger partial charge in [0.2, 0.25) is 0 Å². The molecule has 0 unspecified atom stereocenters. The first-order valence-corrected chi connectivity index (χ1v) is 5.79. The number of hydrogen-bond acceptors (Lipinski definition) is 3. The van der Waals surface area contributed by atoms with Gasteiger partial charge in [-0.3, -0.25) is 0 Å². The zero-order chi connectivity index (χ0) is 12.1. The van der Waals surface area contributed by atoms with Crippen LogP contribution in [0.3, 0.4) is 0 Å². The van der Waals surface area contributed by atoms with Crippen molar-refractivity contribution in [2.24, 2.45) is 5.73 Å². The predicted molar refractivity (Wildman–Crippen MR) is 67.9 cm³/mol. The van der Waals surface area contributed by atoms with E-state index >= 15 is 0 Å². The summed E-state index contributed by atoms with van der Waals surface area (Å²) in [7, 11) is 0. The Morgan fingerprint density at radius 2 is 2.29 bits per heavy atom. The molecule has 0 saturated carbocycles. The molecule has 1 aromatic heterocycles. The lowest BCUT2D eigenvalue weighted by Crippen LogP contribution is -2.10. The van der Waals surface area contributed by atoms with Gasteiger partial charge in [-0.15, -0.1) is 0 Å². The van der Waals surface area contributed by atoms with Gasteiger partial charge in [0.25, 0.3) is 0 Å². The first-order valence-electron chi connectivity index (χ1n) is 5.79. The van der Waals surface area contributed by atoms with Gasteiger partial charge in [-0.25, -0.2) is 4.98 Å². The minimum atomic E-state index is 0.606. The van der Waals surface area contributed by atoms with Crippen LogP contribution in [0.2, 0.25) is 0 Å². The normalized spacial score (nSPS) is 10.5. The standard InChI is InChI=1S/C13H17N3O/c1-2-17-12-5-3-4-11(10-12)13-15-7-9-16(13)8-6-14/h3-5,7,9-10H,2,6,8,14H2,1H3. The predicted octanol–water partition coefficient (Wildman–Crippen LogP) is 1.91. The van der Waals surface area contributed by atoms with Crippen molar-refractivity contribution in [1.29, 1.82) is 0 Å². The van der Waals surface area contributed by atoms with E-state index in [1.165, 1.54) is 0 Å². The Hall–Kier alpha value is -1.81. The van der Waals surface area contributed by atoms with E-state index in [4.69, 9.17) is 10.5 Å². The molecule has 0 aliphatic carbocycles. The fourth-order valence-corrected chi connectivity index (χ4v) is 1.78. The number of benzene rings is 1. The zero-order valence-corrected chi connectivity index (χ0v) is 9.97. The quantitative estimate of drug-likeness (QED) is 0.855. The maximum Gasteiger partial charge on any atom is 0.140 e. The second-order valence-corrected chi connectivity index (χ2v) is 3.69. The van der Waals surface area contributed by atoms with Crippen molar-refractivity contribution in [3.05, 3.63) is 36.7 Å². The third kappa shape index (κ3) is 2.65. The van der Waals surface area contributed by atoms with Gasteiger partial charge < -0.3 is 15.0 Å². The van der Waals surface area contributed by atoms with Crippen molar-refractivity contribution >= 4 is 0 Å². The molecule has 1 aromatic carbocycles. The van der Waals surface area contributed by atoms with Crippen molar-refractivity contribution in [3.63, 3.8) is 0 Å². The summed E-state index contributed by atoms with van der Waals surface area (Å²) in [6.07, 6.45) is 3.73. The van der Waals surface area contributed by atoms with Crippen LogP contribution in [0.1, 0.15) is 6.92 Å². The van der Waals surface area contributed by atoms with Gasteiger partial charge in [-0.1, -0.05) is 12.1 Å². The Kier molecular flexibility index (Phi) is 3.77. The van der Waals surface area contributed by atoms with Gasteiger partial charge in [0.05, 0.1) is 6.61 Å². The Morgan fingerprint density at radius 1 is 1.41 bits per heavy atom. The molecular formula is C13H17N3O. The second kappa shape index (κ2) is 5.50. The number of hydrogen-bond donors (Lipinski definition) is 1. The van der Waals surface area contributed by atoms with Crippen LogP contribution >= 0.6 is 0 Å². The summed E-state index contributed by atoms with van der Waals surface area (Å²) in [5.74, 6) is 1.80. The molecular weight excluding hydrogens is 214 g/mol. The van der Waals surface area contributed by atoms with E-state index < -0.39 is 0 Å². The topological polar surface area (TPSA) is 53.1 Å². The molecule has 0 fully saturated rings. The van der Waals surface area contributed by atoms with Crippen molar-refractivity contribution in [2.45, 2.75) is 13.5 Å². The number of nitrogens with two attached hydrogens (primary N) is 1. The Bertz CT molecular complexity index is 479. The third-order valence-electron chi connectivity index (χ3n) is 2.49. The number of aromatic nitrogens is 2. The Balaban J connectivity index is 2.31. The first-order chi connectivity index (χ1) is 8.35. The summed E-state index contributed by atoms with van der Waals surface area (Å²) in [6.45, 7) is 4.02. The van der Waals surface area contributed by atoms with E-state index in [0.717, 1.165) is 23.7 Å². The molecule has 0 aliphatic heterocycles. The van der Waals surface area contributed by atoms with Gasteiger partial charge in [-0.2, -0.15) is 0 Å². The minimum absolute atomic E-state index is 0.606. The van der Waals surface area contributed by atoms with Crippen LogP contribution in [0.15, 0.2) is 36.7 Å². The number of rotatable bonds is 5. The fraction of sp³-hybridized carbons (Fsp3) is 0.308. The van der Waals surface area contributed by atoms with Gasteiger partial charge in [0, 0.05) is 31.0 Å². The second-order valence-electron chi connectivity index (χ2n) is 3.69. The SMILES string of the molecule is CCOc1cccc(-c2nccn2CCN)c1. The molecule has 0 bridgehead atoms. The molecule has 17 heavy (non-hydrogen) atoms. The molecule has 4 nitrogen and oxygen atoms in total. The van der Waals surface area contributed by atoms with Crippen LogP contribution in [0.4, 0.5) is 0 Å². The fourth-order valence-electron chi connectivity index (χ4n) is 1.78. The molecule has 0 atom stereocenters. The van der Waals surface area contributed by atoms with E-state index in [2.05, 4.69) is 4.98 Å². The smallest absolute Gasteiger partial charge is 0.140 e. The van der Waals surface area contributed by atoms with Gasteiger partial charge in [0.15, 0.2) is 0 Å². The molecule has 2 aromatic rings. The molecule has 1 heterocycles. The van der Waals surface area contributed by atoms with Crippen molar-refractivity contribution in [1.82, 2.24) is 9.55 Å². The van der Waals surface area contributed by atoms with Crippen LogP contribution in [-0.2, 0) is 6.54 Å². The molecule has 0 aliphatic rings. The average Bonchev–Trinajstić information content (AvgIpc) is 2.79. The molecule has 2 N–H and O–H groups in total. The summed E-state index contributed by atoms with van der Waals surface area (Å²) in [6, 6.07) is 7.95. The van der Waals surface area contributed by atoms with E-state index in [1.807, 2.05) is 42.0 Å². The summed E-state index contributed by atoms with van der Waals surface area (Å²) in [5, 5.41) is 0. The van der Waals surface area contributed by atoms with E-state index in [0.29, 0.717) is 13.2 Å². The average molecular weight is 231 g/mol. The van der Waals surface area contributed by atoms with Crippen LogP contribution in [0.5, 0.6) is 5.75 Å². The van der Waals surface area contributed by atoms with E-state index in [1.54, 1.807) is 6.20 Å². The van der Waals surface area contributed by atoms with Gasteiger partial charge in [0.1, 0.15) is 11.6 Å². The molecule has 0 amide bonds. The number of ether oxygens (including phenoxy) is 1. The van der Waals surface area contributed by atoms with E-state index in [9.17, 15) is 0 Å². The monoisotopic (exact) mass is 231 g/mol. The number of imidazole rings is 1. The molecule has 0 radical (unpaired) electrons. The molecule has 2 rings (SSSR count). The Labute approximate surface area is 101 Å². The lowest BCUT2D eigenvalue weighted by atomic mass is 10.2. The highest BCUT2D eigenvalue weighted by Gasteiger charge is 2.06. The van der Waals surface area contributed by atoms with Crippen LogP contribution in [-0.4, -0.2) is 22.7 Å². The van der Waals surface area contributed by atoms with Crippen LogP contribution < -0.4 is 10.5 Å². The largest absolute Gasteiger partial charge is 0.494 e. The van der Waals surface area contributed by atoms with Gasteiger partial charge in [-0.05, 0) is 19.1 Å². The highest BCUT2D eigenvalue weighted by atomic mass is 16.5. The lowest BCUT2D eigenvalue weighted by molar-refractivity contribution is 0.340. The van der Waals surface area contributed by atoms with Gasteiger partial charge >= 0.3 is 0 Å². The van der Waals surface area contributed by atoms with E-state index in [-0.39, 0.29) is 0 Å². The summed E-state index contributed by atoms with van der Waals surface area (Å²) >= 11 is 0. The maximum atomic E-state index is 5.57. The minimum Gasteiger partial charge on any atom is -0.494 e. The zero-order valence-electron chi connectivity index (χ0n) is 9.97. The molecule has 4 heteroatoms. The maximum absolute atomic E-state index is 5.57. The highest BCUT2D eigenvalue weighted by Crippen LogP contribution is 2.22. The lowest BCUT2D eigenvalue weighted by Gasteiger charge is -2.08. The summed E-state index contributed by atoms with van der Waals surface area (Å²) in [5.41, 5.74) is 6.62. The number of nitrogens with zero attached hydrogens (tertiary/aromatic N) is 2. The summed E-state index contributed by atoms with van der Waals surface area (Å²) in [4.78, 5) is 4.36.